The fourth-order valence-electron chi connectivity index (χ4n) is 1.22. The van der Waals surface area contributed by atoms with Crippen LogP contribution in [0.5, 0.6) is 0 Å². The highest BCUT2D eigenvalue weighted by Crippen LogP contribution is 2.29. The first kappa shape index (κ1) is 11.6. The van der Waals surface area contributed by atoms with E-state index in [-0.39, 0.29) is 0 Å². The first-order valence-corrected chi connectivity index (χ1v) is 7.82. The van der Waals surface area contributed by atoms with Crippen LogP contribution in [0.3, 0.4) is 0 Å². The summed E-state index contributed by atoms with van der Waals surface area (Å²) in [6.45, 7) is 0. The van der Waals surface area contributed by atoms with Crippen LogP contribution in [0.15, 0.2) is 22.5 Å². The summed E-state index contributed by atoms with van der Waals surface area (Å²) >= 11 is 3.07. The van der Waals surface area contributed by atoms with Crippen LogP contribution >= 0.6 is 23.1 Å². The van der Waals surface area contributed by atoms with Gasteiger partial charge in [-0.3, -0.25) is 4.72 Å². The summed E-state index contributed by atoms with van der Waals surface area (Å²) in [5.74, 6) is 0. The number of hydrogen-bond acceptors (Lipinski definition) is 5. The molecule has 86 valence electrons. The molecule has 2 aromatic rings. The third kappa shape index (κ3) is 2.64. The van der Waals surface area contributed by atoms with Crippen molar-refractivity contribution < 1.29 is 8.42 Å². The molecule has 2 rings (SSSR count). The van der Waals surface area contributed by atoms with Gasteiger partial charge >= 0.3 is 0 Å². The molecule has 0 atom stereocenters. The second-order valence-electron chi connectivity index (χ2n) is 3.01. The van der Waals surface area contributed by atoms with Gasteiger partial charge in [-0.25, -0.2) is 10.1 Å². The van der Waals surface area contributed by atoms with Gasteiger partial charge in [0.05, 0.1) is 15.9 Å². The first-order chi connectivity index (χ1) is 7.48. The highest BCUT2D eigenvalue weighted by atomic mass is 32.2. The number of thiazole rings is 1. The van der Waals surface area contributed by atoms with Crippen molar-refractivity contribution in [3.05, 3.63) is 18.2 Å². The maximum Gasteiger partial charge on any atom is 0.296 e. The zero-order valence-corrected chi connectivity index (χ0v) is 10.7. The SMILES string of the molecule is CSc1nc2ccc(NS(N)(=O)=O)cc2s1. The highest BCUT2D eigenvalue weighted by Gasteiger charge is 2.06. The van der Waals surface area contributed by atoms with Crippen LogP contribution in [0.25, 0.3) is 10.2 Å². The van der Waals surface area contributed by atoms with Gasteiger partial charge in [-0.2, -0.15) is 8.42 Å². The smallest absolute Gasteiger partial charge is 0.271 e. The molecule has 0 unspecified atom stereocenters. The molecule has 0 fully saturated rings. The number of nitrogens with one attached hydrogen (secondary N) is 1. The zero-order chi connectivity index (χ0) is 11.8. The van der Waals surface area contributed by atoms with Crippen molar-refractivity contribution in [3.8, 4) is 0 Å². The molecular weight excluding hydrogens is 266 g/mol. The second kappa shape index (κ2) is 4.21. The van der Waals surface area contributed by atoms with Gasteiger partial charge in [-0.05, 0) is 24.5 Å². The fraction of sp³-hybridized carbons (Fsp3) is 0.125. The van der Waals surface area contributed by atoms with E-state index in [9.17, 15) is 8.42 Å². The maximum absolute atomic E-state index is 10.8. The maximum atomic E-state index is 10.8. The molecule has 3 N–H and O–H groups in total. The van der Waals surface area contributed by atoms with E-state index in [0.29, 0.717) is 5.69 Å². The van der Waals surface area contributed by atoms with Gasteiger partial charge in [-0.15, -0.1) is 11.3 Å². The van der Waals surface area contributed by atoms with E-state index in [0.717, 1.165) is 14.6 Å². The Morgan fingerprint density at radius 2 is 2.25 bits per heavy atom. The van der Waals surface area contributed by atoms with Gasteiger partial charge in [0.2, 0.25) is 0 Å². The summed E-state index contributed by atoms with van der Waals surface area (Å²) in [6, 6.07) is 5.12. The molecule has 0 bridgehead atoms. The summed E-state index contributed by atoms with van der Waals surface area (Å²) in [7, 11) is -3.72. The largest absolute Gasteiger partial charge is 0.296 e. The lowest BCUT2D eigenvalue weighted by atomic mass is 10.3. The summed E-state index contributed by atoms with van der Waals surface area (Å²) in [6.07, 6.45) is 1.95. The van der Waals surface area contributed by atoms with Crippen LogP contribution in [0.1, 0.15) is 0 Å². The van der Waals surface area contributed by atoms with Gasteiger partial charge in [-0.1, -0.05) is 11.8 Å². The molecule has 0 aliphatic carbocycles. The van der Waals surface area contributed by atoms with Gasteiger partial charge < -0.3 is 0 Å². The van der Waals surface area contributed by atoms with E-state index in [1.54, 1.807) is 30.0 Å². The normalized spacial score (nSPS) is 11.9. The molecule has 0 saturated carbocycles. The van der Waals surface area contributed by atoms with Gasteiger partial charge in [0.1, 0.15) is 0 Å². The molecule has 1 heterocycles. The molecule has 0 aliphatic heterocycles. The molecule has 0 aliphatic rings. The van der Waals surface area contributed by atoms with Gasteiger partial charge in [0.25, 0.3) is 10.2 Å². The molecular formula is C8H9N3O2S3. The molecule has 0 amide bonds. The van der Waals surface area contributed by atoms with Crippen LogP contribution in [0, 0.1) is 0 Å². The zero-order valence-electron chi connectivity index (χ0n) is 8.30. The number of rotatable bonds is 3. The predicted molar refractivity (Wildman–Crippen MR) is 68.1 cm³/mol. The minimum absolute atomic E-state index is 0.450. The average molecular weight is 275 g/mol. The third-order valence-corrected chi connectivity index (χ3v) is 4.33. The molecule has 0 radical (unpaired) electrons. The van der Waals surface area contributed by atoms with E-state index in [1.165, 1.54) is 11.3 Å². The predicted octanol–water partition coefficient (Wildman–Crippen LogP) is 1.63. The number of thioether (sulfide) groups is 1. The summed E-state index contributed by atoms with van der Waals surface area (Å²) in [4.78, 5) is 4.34. The van der Waals surface area contributed by atoms with Crippen molar-refractivity contribution in [2.24, 2.45) is 5.14 Å². The Hall–Kier alpha value is -0.830. The lowest BCUT2D eigenvalue weighted by Gasteiger charge is -2.01. The lowest BCUT2D eigenvalue weighted by molar-refractivity contribution is 0.603. The molecule has 8 heteroatoms. The summed E-state index contributed by atoms with van der Waals surface area (Å²) in [5.41, 5.74) is 1.31. The second-order valence-corrected chi connectivity index (χ2v) is 6.39. The fourth-order valence-corrected chi connectivity index (χ4v) is 3.20. The molecule has 0 spiro atoms. The van der Waals surface area contributed by atoms with E-state index in [1.807, 2.05) is 6.26 Å². The number of nitrogens with zero attached hydrogens (tertiary/aromatic N) is 1. The van der Waals surface area contributed by atoms with Crippen LogP contribution < -0.4 is 9.86 Å². The number of fused-ring (bicyclic) bond motifs is 1. The Morgan fingerprint density at radius 3 is 2.88 bits per heavy atom. The summed E-state index contributed by atoms with van der Waals surface area (Å²) < 4.78 is 25.8. The number of benzene rings is 1. The molecule has 1 aromatic heterocycles. The quantitative estimate of drug-likeness (QED) is 0.834. The molecule has 0 saturated heterocycles. The van der Waals surface area contributed by atoms with Crippen molar-refractivity contribution in [3.63, 3.8) is 0 Å². The summed E-state index contributed by atoms with van der Waals surface area (Å²) in [5, 5.41) is 4.89. The van der Waals surface area contributed by atoms with Crippen molar-refractivity contribution in [1.82, 2.24) is 4.98 Å². The number of nitrogens with two attached hydrogens (primary N) is 1. The standard InChI is InChI=1S/C8H9N3O2S3/c1-14-8-10-6-3-2-5(4-7(6)15-8)11-16(9,12)13/h2-4,11H,1H3,(H2,9,12,13). The third-order valence-electron chi connectivity index (χ3n) is 1.80. The number of aromatic nitrogens is 1. The Morgan fingerprint density at radius 1 is 1.50 bits per heavy atom. The van der Waals surface area contributed by atoms with Crippen LogP contribution in [-0.2, 0) is 10.2 Å². The molecule has 5 nitrogen and oxygen atoms in total. The van der Waals surface area contributed by atoms with E-state index in [4.69, 9.17) is 5.14 Å². The lowest BCUT2D eigenvalue weighted by Crippen LogP contribution is -2.21. The number of anilines is 1. The average Bonchev–Trinajstić information content (AvgIpc) is 2.57. The van der Waals surface area contributed by atoms with Crippen LogP contribution in [0.2, 0.25) is 0 Å². The van der Waals surface area contributed by atoms with E-state index in [2.05, 4.69) is 9.71 Å². The van der Waals surface area contributed by atoms with Crippen molar-refractivity contribution in [1.29, 1.82) is 0 Å². The van der Waals surface area contributed by atoms with Crippen LogP contribution in [-0.4, -0.2) is 19.7 Å². The van der Waals surface area contributed by atoms with Crippen molar-refractivity contribution in [2.75, 3.05) is 11.0 Å². The Kier molecular flexibility index (Phi) is 3.06. The Balaban J connectivity index is 2.43. The molecule has 1 aromatic carbocycles. The minimum atomic E-state index is -3.72. The first-order valence-electron chi connectivity index (χ1n) is 4.23. The minimum Gasteiger partial charge on any atom is -0.271 e. The van der Waals surface area contributed by atoms with Gasteiger partial charge in [0.15, 0.2) is 4.34 Å². The molecule has 16 heavy (non-hydrogen) atoms. The Labute approximate surface area is 101 Å². The number of hydrogen-bond donors (Lipinski definition) is 2. The van der Waals surface area contributed by atoms with E-state index < -0.39 is 10.2 Å². The highest BCUT2D eigenvalue weighted by molar-refractivity contribution is 8.00. The van der Waals surface area contributed by atoms with Crippen molar-refractivity contribution >= 4 is 49.2 Å². The van der Waals surface area contributed by atoms with Crippen molar-refractivity contribution in [2.45, 2.75) is 4.34 Å². The monoisotopic (exact) mass is 275 g/mol. The topological polar surface area (TPSA) is 85.1 Å². The Bertz CT molecular complexity index is 620. The van der Waals surface area contributed by atoms with Crippen LogP contribution in [0.4, 0.5) is 5.69 Å². The van der Waals surface area contributed by atoms with E-state index >= 15 is 0 Å². The van der Waals surface area contributed by atoms with Gasteiger partial charge in [0, 0.05) is 0 Å².